The Bertz CT molecular complexity index is 422. The van der Waals surface area contributed by atoms with Crippen LogP contribution in [-0.4, -0.2) is 27.7 Å². The average Bonchev–Trinajstić information content (AvgIpc) is 2.38. The SMILES string of the molecule is CCCc1nc(NN)c(C)c(NCC(O)CC(C)C)n1. The number of hydrogen-bond acceptors (Lipinski definition) is 6. The summed E-state index contributed by atoms with van der Waals surface area (Å²) in [6, 6.07) is 0. The van der Waals surface area contributed by atoms with Crippen LogP contribution in [0.3, 0.4) is 0 Å². The van der Waals surface area contributed by atoms with Crippen LogP contribution in [0.15, 0.2) is 0 Å². The van der Waals surface area contributed by atoms with Crippen LogP contribution in [0.2, 0.25) is 0 Å². The molecule has 0 fully saturated rings. The molecule has 0 spiro atoms. The van der Waals surface area contributed by atoms with Gasteiger partial charge in [-0.25, -0.2) is 15.8 Å². The number of aliphatic hydroxyl groups is 1. The summed E-state index contributed by atoms with van der Waals surface area (Å²) in [7, 11) is 0. The minimum absolute atomic E-state index is 0.381. The fourth-order valence-electron chi connectivity index (χ4n) is 2.05. The summed E-state index contributed by atoms with van der Waals surface area (Å²) >= 11 is 0. The van der Waals surface area contributed by atoms with Gasteiger partial charge in [0.2, 0.25) is 0 Å². The van der Waals surface area contributed by atoms with Crippen molar-refractivity contribution < 1.29 is 5.11 Å². The molecule has 1 heterocycles. The van der Waals surface area contributed by atoms with E-state index in [1.807, 2.05) is 6.92 Å². The van der Waals surface area contributed by atoms with Gasteiger partial charge in [0.15, 0.2) is 0 Å². The first-order valence-electron chi connectivity index (χ1n) is 7.23. The van der Waals surface area contributed by atoms with Crippen LogP contribution < -0.4 is 16.6 Å². The van der Waals surface area contributed by atoms with Crippen LogP contribution >= 0.6 is 0 Å². The summed E-state index contributed by atoms with van der Waals surface area (Å²) in [6.45, 7) is 8.65. The highest BCUT2D eigenvalue weighted by atomic mass is 16.3. The highest BCUT2D eigenvalue weighted by molar-refractivity contribution is 5.56. The van der Waals surface area contributed by atoms with E-state index in [0.29, 0.717) is 18.3 Å². The van der Waals surface area contributed by atoms with E-state index in [-0.39, 0.29) is 6.10 Å². The van der Waals surface area contributed by atoms with E-state index >= 15 is 0 Å². The molecule has 6 heteroatoms. The predicted octanol–water partition coefficient (Wildman–Crippen LogP) is 1.84. The molecule has 114 valence electrons. The normalized spacial score (nSPS) is 12.6. The van der Waals surface area contributed by atoms with Crippen LogP contribution in [0.5, 0.6) is 0 Å². The third kappa shape index (κ3) is 4.94. The molecule has 1 aromatic heterocycles. The molecule has 1 rings (SSSR count). The number of anilines is 2. The van der Waals surface area contributed by atoms with E-state index in [4.69, 9.17) is 5.84 Å². The third-order valence-corrected chi connectivity index (χ3v) is 3.05. The van der Waals surface area contributed by atoms with Gasteiger partial charge in [-0.15, -0.1) is 0 Å². The van der Waals surface area contributed by atoms with E-state index in [2.05, 4.69) is 41.5 Å². The van der Waals surface area contributed by atoms with Crippen molar-refractivity contribution in [3.05, 3.63) is 11.4 Å². The summed E-state index contributed by atoms with van der Waals surface area (Å²) in [4.78, 5) is 8.86. The maximum absolute atomic E-state index is 9.92. The Morgan fingerprint density at radius 3 is 2.45 bits per heavy atom. The molecule has 0 bridgehead atoms. The summed E-state index contributed by atoms with van der Waals surface area (Å²) in [5.74, 6) is 8.08. The Balaban J connectivity index is 2.79. The molecule has 0 saturated carbocycles. The number of aryl methyl sites for hydroxylation is 1. The highest BCUT2D eigenvalue weighted by Crippen LogP contribution is 2.20. The molecule has 0 amide bonds. The first kappa shape index (κ1) is 16.7. The lowest BCUT2D eigenvalue weighted by Gasteiger charge is -2.17. The van der Waals surface area contributed by atoms with Gasteiger partial charge in [-0.3, -0.25) is 0 Å². The number of nitrogen functional groups attached to an aromatic ring is 1. The molecule has 0 aliphatic carbocycles. The van der Waals surface area contributed by atoms with Gasteiger partial charge in [-0.1, -0.05) is 20.8 Å². The zero-order valence-corrected chi connectivity index (χ0v) is 12.9. The smallest absolute Gasteiger partial charge is 0.148 e. The van der Waals surface area contributed by atoms with Crippen LogP contribution in [0.4, 0.5) is 11.6 Å². The number of nitrogens with two attached hydrogens (primary N) is 1. The lowest BCUT2D eigenvalue weighted by atomic mass is 10.1. The van der Waals surface area contributed by atoms with Gasteiger partial charge in [0.05, 0.1) is 6.10 Å². The van der Waals surface area contributed by atoms with Gasteiger partial charge in [-0.05, 0) is 25.7 Å². The van der Waals surface area contributed by atoms with E-state index in [1.54, 1.807) is 0 Å². The van der Waals surface area contributed by atoms with E-state index < -0.39 is 0 Å². The largest absolute Gasteiger partial charge is 0.391 e. The number of rotatable bonds is 8. The van der Waals surface area contributed by atoms with Crippen LogP contribution in [0, 0.1) is 12.8 Å². The molecular formula is C14H27N5O. The van der Waals surface area contributed by atoms with Gasteiger partial charge in [-0.2, -0.15) is 0 Å². The molecule has 0 radical (unpaired) electrons. The maximum Gasteiger partial charge on any atom is 0.148 e. The van der Waals surface area contributed by atoms with Crippen molar-refractivity contribution in [2.75, 3.05) is 17.3 Å². The molecule has 6 nitrogen and oxygen atoms in total. The zero-order chi connectivity index (χ0) is 15.1. The summed E-state index contributed by atoms with van der Waals surface area (Å²) in [5, 5.41) is 13.1. The number of hydrogen-bond donors (Lipinski definition) is 4. The Kier molecular flexibility index (Phi) is 6.67. The fraction of sp³-hybridized carbons (Fsp3) is 0.714. The first-order chi connectivity index (χ1) is 9.47. The van der Waals surface area contributed by atoms with Gasteiger partial charge < -0.3 is 15.8 Å². The molecule has 0 aliphatic heterocycles. The molecule has 1 aromatic rings. The van der Waals surface area contributed by atoms with Crippen LogP contribution in [-0.2, 0) is 6.42 Å². The van der Waals surface area contributed by atoms with Gasteiger partial charge in [0.25, 0.3) is 0 Å². The summed E-state index contributed by atoms with van der Waals surface area (Å²) in [6.07, 6.45) is 2.16. The second-order valence-corrected chi connectivity index (χ2v) is 5.52. The molecule has 0 saturated heterocycles. The topological polar surface area (TPSA) is 96.1 Å². The second-order valence-electron chi connectivity index (χ2n) is 5.52. The fourth-order valence-corrected chi connectivity index (χ4v) is 2.05. The number of nitrogens with one attached hydrogen (secondary N) is 2. The van der Waals surface area contributed by atoms with Crippen molar-refractivity contribution in [3.8, 4) is 0 Å². The molecule has 1 atom stereocenters. The van der Waals surface area contributed by atoms with Crippen molar-refractivity contribution >= 4 is 11.6 Å². The standard InChI is InChI=1S/C14H27N5O/c1-5-6-12-17-13(10(4)14(18-12)19-15)16-8-11(20)7-9(2)3/h9,11,20H,5-8,15H2,1-4H3,(H2,16,17,18,19). The van der Waals surface area contributed by atoms with Crippen LogP contribution in [0.1, 0.15) is 45.0 Å². The summed E-state index contributed by atoms with van der Waals surface area (Å²) in [5.41, 5.74) is 3.47. The monoisotopic (exact) mass is 281 g/mol. The lowest BCUT2D eigenvalue weighted by molar-refractivity contribution is 0.161. The highest BCUT2D eigenvalue weighted by Gasteiger charge is 2.12. The first-order valence-corrected chi connectivity index (χ1v) is 7.23. The third-order valence-electron chi connectivity index (χ3n) is 3.05. The van der Waals surface area contributed by atoms with Crippen molar-refractivity contribution in [3.63, 3.8) is 0 Å². The van der Waals surface area contributed by atoms with Gasteiger partial charge in [0, 0.05) is 18.5 Å². The number of aromatic nitrogens is 2. The minimum atomic E-state index is -0.381. The van der Waals surface area contributed by atoms with Crippen molar-refractivity contribution in [2.45, 2.75) is 53.1 Å². The molecule has 0 aliphatic rings. The van der Waals surface area contributed by atoms with E-state index in [9.17, 15) is 5.11 Å². The van der Waals surface area contributed by atoms with Gasteiger partial charge >= 0.3 is 0 Å². The number of hydrazine groups is 1. The molecule has 5 N–H and O–H groups in total. The average molecular weight is 281 g/mol. The molecule has 1 unspecified atom stereocenters. The Labute approximate surface area is 121 Å². The van der Waals surface area contributed by atoms with Crippen LogP contribution in [0.25, 0.3) is 0 Å². The summed E-state index contributed by atoms with van der Waals surface area (Å²) < 4.78 is 0. The Hall–Kier alpha value is -1.40. The van der Waals surface area contributed by atoms with Crippen molar-refractivity contribution in [1.82, 2.24) is 9.97 Å². The molecule has 20 heavy (non-hydrogen) atoms. The zero-order valence-electron chi connectivity index (χ0n) is 12.9. The second kappa shape index (κ2) is 8.01. The van der Waals surface area contributed by atoms with Crippen molar-refractivity contribution in [1.29, 1.82) is 0 Å². The number of aliphatic hydroxyl groups excluding tert-OH is 1. The Morgan fingerprint density at radius 1 is 1.25 bits per heavy atom. The molecule has 0 aromatic carbocycles. The Morgan fingerprint density at radius 2 is 1.90 bits per heavy atom. The minimum Gasteiger partial charge on any atom is -0.391 e. The van der Waals surface area contributed by atoms with E-state index in [1.165, 1.54) is 0 Å². The van der Waals surface area contributed by atoms with E-state index in [0.717, 1.165) is 36.5 Å². The predicted molar refractivity (Wildman–Crippen MR) is 82.5 cm³/mol. The lowest BCUT2D eigenvalue weighted by Crippen LogP contribution is -2.23. The number of nitrogens with zero attached hydrogens (tertiary/aromatic N) is 2. The molecular weight excluding hydrogens is 254 g/mol. The van der Waals surface area contributed by atoms with Gasteiger partial charge in [0.1, 0.15) is 17.5 Å². The maximum atomic E-state index is 9.92. The quantitative estimate of drug-likeness (QED) is 0.429. The van der Waals surface area contributed by atoms with Crippen molar-refractivity contribution in [2.24, 2.45) is 11.8 Å².